The predicted molar refractivity (Wildman–Crippen MR) is 82.7 cm³/mol. The summed E-state index contributed by atoms with van der Waals surface area (Å²) in [7, 11) is 2.07. The predicted octanol–water partition coefficient (Wildman–Crippen LogP) is 2.18. The molecule has 0 radical (unpaired) electrons. The van der Waals surface area contributed by atoms with Gasteiger partial charge in [0.05, 0.1) is 11.0 Å². The summed E-state index contributed by atoms with van der Waals surface area (Å²) in [6.45, 7) is 6.40. The molecule has 6 heteroatoms. The monoisotopic (exact) mass is 293 g/mol. The van der Waals surface area contributed by atoms with Crippen LogP contribution < -0.4 is 4.90 Å². The molecular formula is C15H23N3O3. The van der Waals surface area contributed by atoms with Crippen LogP contribution in [0.4, 0.5) is 11.4 Å². The van der Waals surface area contributed by atoms with Gasteiger partial charge in [0.15, 0.2) is 0 Å². The fourth-order valence-corrected chi connectivity index (χ4v) is 2.92. The van der Waals surface area contributed by atoms with Gasteiger partial charge in [-0.1, -0.05) is 6.07 Å². The van der Waals surface area contributed by atoms with E-state index >= 15 is 0 Å². The molecule has 0 amide bonds. The molecule has 1 aromatic carbocycles. The third-order valence-corrected chi connectivity index (χ3v) is 4.03. The van der Waals surface area contributed by atoms with Gasteiger partial charge in [-0.05, 0) is 45.5 Å². The van der Waals surface area contributed by atoms with Crippen LogP contribution in [-0.2, 0) is 0 Å². The summed E-state index contributed by atoms with van der Waals surface area (Å²) >= 11 is 0. The maximum atomic E-state index is 11.4. The van der Waals surface area contributed by atoms with Crippen molar-refractivity contribution in [3.05, 3.63) is 33.9 Å². The molecular weight excluding hydrogens is 270 g/mol. The zero-order valence-corrected chi connectivity index (χ0v) is 12.8. The number of nitrogens with zero attached hydrogens (tertiary/aromatic N) is 3. The molecule has 1 fully saturated rings. The van der Waals surface area contributed by atoms with E-state index in [1.165, 1.54) is 6.07 Å². The second-order valence-electron chi connectivity index (χ2n) is 5.84. The Kier molecular flexibility index (Phi) is 4.80. The molecule has 1 heterocycles. The Hall–Kier alpha value is -1.66. The summed E-state index contributed by atoms with van der Waals surface area (Å²) in [6.07, 6.45) is 0.279. The number of hydrogen-bond acceptors (Lipinski definition) is 5. The first-order valence-corrected chi connectivity index (χ1v) is 7.31. The molecule has 6 nitrogen and oxygen atoms in total. The summed E-state index contributed by atoms with van der Waals surface area (Å²) in [5, 5.41) is 21.0. The van der Waals surface area contributed by atoms with E-state index in [2.05, 4.69) is 23.8 Å². The van der Waals surface area contributed by atoms with E-state index in [1.807, 2.05) is 0 Å². The second-order valence-corrected chi connectivity index (χ2v) is 5.84. The van der Waals surface area contributed by atoms with E-state index in [9.17, 15) is 15.2 Å². The van der Waals surface area contributed by atoms with E-state index in [-0.39, 0.29) is 16.7 Å². The lowest BCUT2D eigenvalue weighted by atomic mass is 10.1. The van der Waals surface area contributed by atoms with Crippen molar-refractivity contribution in [1.82, 2.24) is 4.90 Å². The molecule has 0 saturated carbocycles. The Labute approximate surface area is 125 Å². The van der Waals surface area contributed by atoms with Gasteiger partial charge in [0.25, 0.3) is 5.69 Å². The molecule has 0 spiro atoms. The highest BCUT2D eigenvalue weighted by Gasteiger charge is 2.26. The molecule has 1 aliphatic rings. The van der Waals surface area contributed by atoms with Crippen molar-refractivity contribution in [2.24, 2.45) is 0 Å². The Morgan fingerprint density at radius 2 is 2.14 bits per heavy atom. The highest BCUT2D eigenvalue weighted by atomic mass is 16.6. The lowest BCUT2D eigenvalue weighted by Crippen LogP contribution is -2.38. The number of nitro benzene ring substituents is 1. The highest BCUT2D eigenvalue weighted by Crippen LogP contribution is 2.33. The van der Waals surface area contributed by atoms with Gasteiger partial charge >= 0.3 is 0 Å². The first kappa shape index (κ1) is 15.7. The number of aliphatic hydroxyl groups is 1. The van der Waals surface area contributed by atoms with E-state index in [0.717, 1.165) is 26.1 Å². The van der Waals surface area contributed by atoms with Gasteiger partial charge in [0.2, 0.25) is 0 Å². The van der Waals surface area contributed by atoms with E-state index in [4.69, 9.17) is 0 Å². The lowest BCUT2D eigenvalue weighted by molar-refractivity contribution is -0.384. The quantitative estimate of drug-likeness (QED) is 0.683. The van der Waals surface area contributed by atoms with Crippen LogP contribution in [0.2, 0.25) is 0 Å². The fraction of sp³-hybridized carbons (Fsp3) is 0.600. The number of rotatable bonds is 3. The van der Waals surface area contributed by atoms with Crippen molar-refractivity contribution in [3.63, 3.8) is 0 Å². The zero-order chi connectivity index (χ0) is 15.6. The molecule has 2 rings (SSSR count). The van der Waals surface area contributed by atoms with Crippen molar-refractivity contribution < 1.29 is 10.0 Å². The van der Waals surface area contributed by atoms with Gasteiger partial charge in [0.1, 0.15) is 5.69 Å². The lowest BCUT2D eigenvalue weighted by Gasteiger charge is -2.30. The molecule has 21 heavy (non-hydrogen) atoms. The largest absolute Gasteiger partial charge is 0.389 e. The Morgan fingerprint density at radius 1 is 1.43 bits per heavy atom. The number of aliphatic hydroxyl groups excluding tert-OH is 1. The van der Waals surface area contributed by atoms with Gasteiger partial charge in [-0.3, -0.25) is 10.1 Å². The van der Waals surface area contributed by atoms with Crippen LogP contribution in [0, 0.1) is 10.1 Å². The SMILES string of the molecule is CC1CN(C)CCCN1c1ccc([C@H](C)O)cc1[N+](=O)[O-]. The molecule has 0 aromatic heterocycles. The van der Waals surface area contributed by atoms with Crippen molar-refractivity contribution >= 4 is 11.4 Å². The average molecular weight is 293 g/mol. The Morgan fingerprint density at radius 3 is 2.76 bits per heavy atom. The topological polar surface area (TPSA) is 69.8 Å². The first-order valence-electron chi connectivity index (χ1n) is 7.31. The normalized spacial score (nSPS) is 21.9. The summed E-state index contributed by atoms with van der Waals surface area (Å²) in [6, 6.07) is 5.24. The van der Waals surface area contributed by atoms with Crippen LogP contribution in [0.3, 0.4) is 0 Å². The van der Waals surface area contributed by atoms with E-state index in [0.29, 0.717) is 11.3 Å². The third kappa shape index (κ3) is 3.51. The molecule has 0 bridgehead atoms. The molecule has 116 valence electrons. The minimum Gasteiger partial charge on any atom is -0.389 e. The standard InChI is InChI=1S/C15H23N3O3/c1-11-10-16(3)7-4-8-17(11)14-6-5-13(12(2)19)9-15(14)18(20)21/h5-6,9,11-12,19H,4,7-8,10H2,1-3H3/t11?,12-/m0/s1. The molecule has 1 N–H and O–H groups in total. The minimum atomic E-state index is -0.703. The molecule has 2 atom stereocenters. The maximum absolute atomic E-state index is 11.4. The average Bonchev–Trinajstić information content (AvgIpc) is 2.58. The molecule has 1 aliphatic heterocycles. The first-order chi connectivity index (χ1) is 9.90. The van der Waals surface area contributed by atoms with Gasteiger partial charge in [-0.25, -0.2) is 0 Å². The number of anilines is 1. The fourth-order valence-electron chi connectivity index (χ4n) is 2.92. The number of nitro groups is 1. The van der Waals surface area contributed by atoms with Crippen LogP contribution in [-0.4, -0.2) is 47.7 Å². The van der Waals surface area contributed by atoms with Crippen molar-refractivity contribution in [2.75, 3.05) is 31.6 Å². The number of benzene rings is 1. The Bertz CT molecular complexity index is 519. The van der Waals surface area contributed by atoms with Crippen molar-refractivity contribution in [1.29, 1.82) is 0 Å². The maximum Gasteiger partial charge on any atom is 0.292 e. The highest BCUT2D eigenvalue weighted by molar-refractivity contribution is 5.65. The molecule has 1 aromatic rings. The van der Waals surface area contributed by atoms with Crippen LogP contribution in [0.5, 0.6) is 0 Å². The van der Waals surface area contributed by atoms with Crippen LogP contribution in [0.1, 0.15) is 31.9 Å². The third-order valence-electron chi connectivity index (χ3n) is 4.03. The summed E-state index contributed by atoms with van der Waals surface area (Å²) in [5.41, 5.74) is 1.29. The summed E-state index contributed by atoms with van der Waals surface area (Å²) in [4.78, 5) is 15.4. The second kappa shape index (κ2) is 6.41. The summed E-state index contributed by atoms with van der Waals surface area (Å²) < 4.78 is 0. The van der Waals surface area contributed by atoms with Gasteiger partial charge in [-0.2, -0.15) is 0 Å². The summed E-state index contributed by atoms with van der Waals surface area (Å²) in [5.74, 6) is 0. The Balaban J connectivity index is 2.39. The van der Waals surface area contributed by atoms with E-state index in [1.54, 1.807) is 19.1 Å². The minimum absolute atomic E-state index is 0.0739. The molecule has 1 unspecified atom stereocenters. The number of hydrogen-bond donors (Lipinski definition) is 1. The van der Waals surface area contributed by atoms with Crippen LogP contribution >= 0.6 is 0 Å². The van der Waals surface area contributed by atoms with Crippen molar-refractivity contribution in [3.8, 4) is 0 Å². The van der Waals surface area contributed by atoms with Gasteiger partial charge in [-0.15, -0.1) is 0 Å². The zero-order valence-electron chi connectivity index (χ0n) is 12.8. The smallest absolute Gasteiger partial charge is 0.292 e. The van der Waals surface area contributed by atoms with E-state index < -0.39 is 6.10 Å². The number of likely N-dealkylation sites (N-methyl/N-ethyl adjacent to an activating group) is 1. The van der Waals surface area contributed by atoms with Crippen LogP contribution in [0.25, 0.3) is 0 Å². The van der Waals surface area contributed by atoms with Gasteiger partial charge in [0, 0.05) is 25.2 Å². The van der Waals surface area contributed by atoms with Crippen molar-refractivity contribution in [2.45, 2.75) is 32.4 Å². The molecule has 1 saturated heterocycles. The van der Waals surface area contributed by atoms with Crippen LogP contribution in [0.15, 0.2) is 18.2 Å². The van der Waals surface area contributed by atoms with Gasteiger partial charge < -0.3 is 14.9 Å². The molecule has 0 aliphatic carbocycles.